The Balaban J connectivity index is 1.10. The van der Waals surface area contributed by atoms with Crippen LogP contribution in [0.5, 0.6) is 0 Å². The maximum Gasteiger partial charge on any atom is 0.317 e. The summed E-state index contributed by atoms with van der Waals surface area (Å²) in [6.45, 7) is 3.27. The Morgan fingerprint density at radius 2 is 2.00 bits per heavy atom. The standard InChI is InChI=1S/C25H31N9O/c26-7-6-25(34-16-18(15-30-34)22-21-5-8-27-23(21)29-17-28-22)13-20(14-25)32-9-11-33(12-10-32)24(35)31-19-3-1-2-4-19/h5,8,15-17,19-20H,1-4,6,9-14H2,(H,31,35)(H,27,28,29). The van der Waals surface area contributed by atoms with E-state index in [0.717, 1.165) is 74.2 Å². The van der Waals surface area contributed by atoms with Crippen LogP contribution in [0.15, 0.2) is 31.0 Å². The molecule has 10 heteroatoms. The topological polar surface area (TPSA) is 119 Å². The van der Waals surface area contributed by atoms with Crippen molar-refractivity contribution < 1.29 is 4.79 Å². The first kappa shape index (κ1) is 22.0. The second-order valence-electron chi connectivity index (χ2n) is 10.2. The van der Waals surface area contributed by atoms with Gasteiger partial charge in [0.25, 0.3) is 0 Å². The Labute approximate surface area is 204 Å². The van der Waals surface area contributed by atoms with E-state index in [1.165, 1.54) is 12.8 Å². The monoisotopic (exact) mass is 473 g/mol. The molecule has 2 aliphatic carbocycles. The molecule has 0 aromatic carbocycles. The van der Waals surface area contributed by atoms with Gasteiger partial charge in [0.2, 0.25) is 0 Å². The van der Waals surface area contributed by atoms with Crippen LogP contribution >= 0.6 is 0 Å². The van der Waals surface area contributed by atoms with Crippen LogP contribution in [0.3, 0.4) is 0 Å². The summed E-state index contributed by atoms with van der Waals surface area (Å²) < 4.78 is 1.98. The van der Waals surface area contributed by atoms with Crippen molar-refractivity contribution in [1.82, 2.24) is 39.8 Å². The molecule has 10 nitrogen and oxygen atoms in total. The minimum atomic E-state index is -0.293. The molecule has 2 amide bonds. The van der Waals surface area contributed by atoms with Crippen molar-refractivity contribution in [3.05, 3.63) is 31.0 Å². The van der Waals surface area contributed by atoms with Crippen molar-refractivity contribution in [1.29, 1.82) is 5.26 Å². The Hall–Kier alpha value is -3.45. The lowest BCUT2D eigenvalue weighted by Gasteiger charge is -2.52. The fraction of sp³-hybridized carbons (Fsp3) is 0.560. The van der Waals surface area contributed by atoms with Gasteiger partial charge in [-0.05, 0) is 31.7 Å². The van der Waals surface area contributed by atoms with E-state index in [1.807, 2.05) is 34.2 Å². The van der Waals surface area contributed by atoms with Gasteiger partial charge in [0.1, 0.15) is 12.0 Å². The number of H-pyrrole nitrogens is 1. The first-order valence-electron chi connectivity index (χ1n) is 12.7. The van der Waals surface area contributed by atoms with Crippen molar-refractivity contribution in [3.63, 3.8) is 0 Å². The fourth-order valence-electron chi connectivity index (χ4n) is 6.07. The largest absolute Gasteiger partial charge is 0.346 e. The van der Waals surface area contributed by atoms with E-state index in [4.69, 9.17) is 0 Å². The second kappa shape index (κ2) is 8.96. The van der Waals surface area contributed by atoms with Gasteiger partial charge in [-0.15, -0.1) is 0 Å². The van der Waals surface area contributed by atoms with Crippen molar-refractivity contribution in [3.8, 4) is 17.3 Å². The van der Waals surface area contributed by atoms with E-state index < -0.39 is 0 Å². The maximum absolute atomic E-state index is 12.6. The first-order valence-corrected chi connectivity index (χ1v) is 12.7. The van der Waals surface area contributed by atoms with Crippen LogP contribution in [0.2, 0.25) is 0 Å². The Morgan fingerprint density at radius 1 is 1.20 bits per heavy atom. The molecule has 2 N–H and O–H groups in total. The van der Waals surface area contributed by atoms with E-state index >= 15 is 0 Å². The highest BCUT2D eigenvalue weighted by atomic mass is 16.2. The highest BCUT2D eigenvalue weighted by Crippen LogP contribution is 2.45. The molecular weight excluding hydrogens is 442 g/mol. The molecule has 3 aromatic rings. The average molecular weight is 474 g/mol. The molecule has 0 spiro atoms. The molecule has 3 aromatic heterocycles. The minimum Gasteiger partial charge on any atom is -0.346 e. The molecule has 3 aliphatic rings. The van der Waals surface area contributed by atoms with Crippen LogP contribution in [-0.4, -0.2) is 78.8 Å². The number of carbonyl (C=O) groups excluding carboxylic acids is 1. The molecule has 1 aliphatic heterocycles. The minimum absolute atomic E-state index is 0.0920. The number of aromatic nitrogens is 5. The number of nitrogens with zero attached hydrogens (tertiary/aromatic N) is 7. The second-order valence-corrected chi connectivity index (χ2v) is 10.2. The molecular formula is C25H31N9O. The van der Waals surface area contributed by atoms with E-state index in [9.17, 15) is 10.1 Å². The zero-order valence-electron chi connectivity index (χ0n) is 19.9. The SMILES string of the molecule is N#CCC1(n2cc(-c3ncnc4[nH]ccc34)cn2)CC(N2CCN(C(=O)NC3CCCC3)CC2)C1. The van der Waals surface area contributed by atoms with Gasteiger partial charge in [0, 0.05) is 61.6 Å². The van der Waals surface area contributed by atoms with E-state index in [-0.39, 0.29) is 11.6 Å². The van der Waals surface area contributed by atoms with Crippen LogP contribution in [0.1, 0.15) is 44.9 Å². The summed E-state index contributed by atoms with van der Waals surface area (Å²) in [7, 11) is 0. The Kier molecular flexibility index (Phi) is 5.65. The molecule has 6 rings (SSSR count). The molecule has 0 atom stereocenters. The highest BCUT2D eigenvalue weighted by Gasteiger charge is 2.49. The summed E-state index contributed by atoms with van der Waals surface area (Å²) in [6, 6.07) is 5.22. The van der Waals surface area contributed by atoms with E-state index in [1.54, 1.807) is 6.33 Å². The van der Waals surface area contributed by atoms with Gasteiger partial charge < -0.3 is 15.2 Å². The number of nitriles is 1. The quantitative estimate of drug-likeness (QED) is 0.588. The number of hydrogen-bond acceptors (Lipinski definition) is 6. The molecule has 35 heavy (non-hydrogen) atoms. The third kappa shape index (κ3) is 4.04. The van der Waals surface area contributed by atoms with Gasteiger partial charge in [-0.2, -0.15) is 10.4 Å². The molecule has 4 heterocycles. The molecule has 3 fully saturated rings. The fourth-order valence-corrected chi connectivity index (χ4v) is 6.07. The lowest BCUT2D eigenvalue weighted by atomic mass is 9.70. The summed E-state index contributed by atoms with van der Waals surface area (Å²) in [5, 5.41) is 18.4. The van der Waals surface area contributed by atoms with Gasteiger partial charge in [0.15, 0.2) is 0 Å². The van der Waals surface area contributed by atoms with Crippen LogP contribution in [0.4, 0.5) is 4.79 Å². The molecule has 182 valence electrons. The van der Waals surface area contributed by atoms with Crippen molar-refractivity contribution in [2.75, 3.05) is 26.2 Å². The lowest BCUT2D eigenvalue weighted by molar-refractivity contribution is -0.0130. The number of carbonyl (C=O) groups is 1. The summed E-state index contributed by atoms with van der Waals surface area (Å²) in [4.78, 5) is 28.9. The number of amides is 2. The Morgan fingerprint density at radius 3 is 2.77 bits per heavy atom. The number of rotatable bonds is 5. The normalized spacial score (nSPS) is 25.5. The number of aromatic amines is 1. The zero-order valence-corrected chi connectivity index (χ0v) is 19.9. The van der Waals surface area contributed by atoms with Gasteiger partial charge in [-0.25, -0.2) is 14.8 Å². The van der Waals surface area contributed by atoms with Crippen molar-refractivity contribution in [2.24, 2.45) is 0 Å². The number of urea groups is 1. The number of nitrogens with one attached hydrogen (secondary N) is 2. The molecule has 0 bridgehead atoms. The van der Waals surface area contributed by atoms with Crippen molar-refractivity contribution >= 4 is 17.1 Å². The highest BCUT2D eigenvalue weighted by molar-refractivity contribution is 5.90. The first-order chi connectivity index (χ1) is 17.1. The molecule has 2 saturated carbocycles. The number of fused-ring (bicyclic) bond motifs is 1. The predicted octanol–water partition coefficient (Wildman–Crippen LogP) is 2.86. The van der Waals surface area contributed by atoms with Gasteiger partial charge in [-0.1, -0.05) is 12.8 Å². The summed E-state index contributed by atoms with van der Waals surface area (Å²) >= 11 is 0. The van der Waals surface area contributed by atoms with Crippen molar-refractivity contribution in [2.45, 2.75) is 62.6 Å². The summed E-state index contributed by atoms with van der Waals surface area (Å²) in [5.74, 6) is 0. The Bertz CT molecular complexity index is 1240. The van der Waals surface area contributed by atoms with Gasteiger partial charge in [0.05, 0.1) is 29.9 Å². The molecule has 0 unspecified atom stereocenters. The van der Waals surface area contributed by atoms with Crippen LogP contribution < -0.4 is 5.32 Å². The van der Waals surface area contributed by atoms with Crippen LogP contribution in [0.25, 0.3) is 22.3 Å². The number of hydrogen-bond donors (Lipinski definition) is 2. The molecule has 1 saturated heterocycles. The average Bonchev–Trinajstić information content (AvgIpc) is 3.63. The van der Waals surface area contributed by atoms with Crippen LogP contribution in [-0.2, 0) is 5.54 Å². The van der Waals surface area contributed by atoms with Crippen LogP contribution in [0, 0.1) is 11.3 Å². The smallest absolute Gasteiger partial charge is 0.317 e. The summed E-state index contributed by atoms with van der Waals surface area (Å²) in [5.41, 5.74) is 2.28. The summed E-state index contributed by atoms with van der Waals surface area (Å²) in [6.07, 6.45) is 14.1. The maximum atomic E-state index is 12.6. The number of piperazine rings is 1. The van der Waals surface area contributed by atoms with E-state index in [0.29, 0.717) is 18.5 Å². The third-order valence-electron chi connectivity index (χ3n) is 8.14. The molecule has 0 radical (unpaired) electrons. The van der Waals surface area contributed by atoms with E-state index in [2.05, 4.69) is 36.3 Å². The zero-order chi connectivity index (χ0) is 23.8. The van der Waals surface area contributed by atoms with Gasteiger partial charge >= 0.3 is 6.03 Å². The predicted molar refractivity (Wildman–Crippen MR) is 130 cm³/mol. The lowest BCUT2D eigenvalue weighted by Crippen LogP contribution is -2.61. The van der Waals surface area contributed by atoms with Gasteiger partial charge in [-0.3, -0.25) is 9.58 Å². The third-order valence-corrected chi connectivity index (χ3v) is 8.14.